The van der Waals surface area contributed by atoms with E-state index in [9.17, 15) is 19.3 Å². The molecule has 0 saturated carbocycles. The minimum absolute atomic E-state index is 0.140. The van der Waals surface area contributed by atoms with Gasteiger partial charge in [-0.1, -0.05) is 6.07 Å². The van der Waals surface area contributed by atoms with Crippen molar-refractivity contribution in [3.63, 3.8) is 0 Å². The van der Waals surface area contributed by atoms with Crippen molar-refractivity contribution in [2.75, 3.05) is 11.1 Å². The third-order valence-electron chi connectivity index (χ3n) is 2.36. The summed E-state index contributed by atoms with van der Waals surface area (Å²) in [4.78, 5) is 25.6. The highest BCUT2D eigenvalue weighted by atomic mass is 32.1. The first-order valence-corrected chi connectivity index (χ1v) is 6.28. The number of carbonyl (C=O) groups excluding carboxylic acids is 1. The lowest BCUT2D eigenvalue weighted by Gasteiger charge is -2.06. The number of carbonyl (C=O) groups is 1. The van der Waals surface area contributed by atoms with Gasteiger partial charge in [0.05, 0.1) is 17.0 Å². The number of anilines is 2. The summed E-state index contributed by atoms with van der Waals surface area (Å²) in [6.45, 7) is 0. The van der Waals surface area contributed by atoms with Gasteiger partial charge < -0.3 is 11.1 Å². The number of nitro benzene ring substituents is 1. The highest BCUT2D eigenvalue weighted by Crippen LogP contribution is 2.27. The Morgan fingerprint density at radius 3 is 2.90 bits per heavy atom. The zero-order chi connectivity index (χ0) is 14.7. The molecule has 1 heterocycles. The summed E-state index contributed by atoms with van der Waals surface area (Å²) in [6, 6.07) is 3.34. The first kappa shape index (κ1) is 13.9. The van der Waals surface area contributed by atoms with E-state index >= 15 is 0 Å². The largest absolute Gasteiger partial charge is 0.375 e. The molecule has 0 fully saturated rings. The number of rotatable bonds is 4. The van der Waals surface area contributed by atoms with Gasteiger partial charge in [0.2, 0.25) is 5.91 Å². The standard InChI is InChI=1S/C11H9FN4O3S/c12-7-2-1-3-8(16(18)19)10(7)15-9(17)4-6-5-20-11(13)14-6/h1-3,5H,4H2,(H2,13,14)(H,15,17). The number of hydrogen-bond acceptors (Lipinski definition) is 6. The number of hydrogen-bond donors (Lipinski definition) is 2. The molecule has 3 N–H and O–H groups in total. The van der Waals surface area contributed by atoms with Crippen LogP contribution in [-0.4, -0.2) is 15.8 Å². The monoisotopic (exact) mass is 296 g/mol. The van der Waals surface area contributed by atoms with Crippen LogP contribution >= 0.6 is 11.3 Å². The number of aromatic nitrogens is 1. The zero-order valence-electron chi connectivity index (χ0n) is 10.00. The van der Waals surface area contributed by atoms with Crippen molar-refractivity contribution >= 4 is 33.8 Å². The number of thiazole rings is 1. The van der Waals surface area contributed by atoms with Crippen molar-refractivity contribution in [1.29, 1.82) is 0 Å². The molecule has 1 amide bonds. The molecule has 1 aromatic carbocycles. The van der Waals surface area contributed by atoms with Crippen molar-refractivity contribution in [2.24, 2.45) is 0 Å². The van der Waals surface area contributed by atoms with Gasteiger partial charge in [-0.2, -0.15) is 0 Å². The fourth-order valence-corrected chi connectivity index (χ4v) is 2.10. The maximum atomic E-state index is 13.6. The molecule has 0 aliphatic carbocycles. The predicted octanol–water partition coefficient (Wildman–Crippen LogP) is 1.95. The maximum absolute atomic E-state index is 13.6. The Hall–Kier alpha value is -2.55. The van der Waals surface area contributed by atoms with E-state index in [2.05, 4.69) is 10.3 Å². The van der Waals surface area contributed by atoms with Gasteiger partial charge in [0.25, 0.3) is 5.69 Å². The molecular weight excluding hydrogens is 287 g/mol. The molecule has 0 unspecified atom stereocenters. The molecule has 9 heteroatoms. The number of amides is 1. The maximum Gasteiger partial charge on any atom is 0.295 e. The van der Waals surface area contributed by atoms with E-state index in [1.54, 1.807) is 5.38 Å². The average molecular weight is 296 g/mol. The molecule has 0 atom stereocenters. The van der Waals surface area contributed by atoms with Crippen molar-refractivity contribution in [3.05, 3.63) is 45.2 Å². The van der Waals surface area contributed by atoms with Crippen molar-refractivity contribution in [2.45, 2.75) is 6.42 Å². The van der Waals surface area contributed by atoms with E-state index in [-0.39, 0.29) is 6.42 Å². The predicted molar refractivity (Wildman–Crippen MR) is 71.9 cm³/mol. The molecule has 2 rings (SSSR count). The van der Waals surface area contributed by atoms with Gasteiger partial charge in [-0.05, 0) is 6.07 Å². The summed E-state index contributed by atoms with van der Waals surface area (Å²) < 4.78 is 13.6. The number of nitrogens with zero attached hydrogens (tertiary/aromatic N) is 2. The van der Waals surface area contributed by atoms with Crippen LogP contribution in [0.25, 0.3) is 0 Å². The Bertz CT molecular complexity index is 673. The fraction of sp³-hybridized carbons (Fsp3) is 0.0909. The van der Waals surface area contributed by atoms with Gasteiger partial charge in [0.15, 0.2) is 16.6 Å². The normalized spacial score (nSPS) is 10.2. The second-order valence-electron chi connectivity index (χ2n) is 3.79. The number of benzene rings is 1. The first-order chi connectivity index (χ1) is 9.47. The molecule has 0 saturated heterocycles. The first-order valence-electron chi connectivity index (χ1n) is 5.40. The van der Waals surface area contributed by atoms with Crippen LogP contribution in [0.2, 0.25) is 0 Å². The van der Waals surface area contributed by atoms with Crippen LogP contribution in [0, 0.1) is 15.9 Å². The van der Waals surface area contributed by atoms with Crippen LogP contribution in [0.4, 0.5) is 20.9 Å². The topological polar surface area (TPSA) is 111 Å². The lowest BCUT2D eigenvalue weighted by Crippen LogP contribution is -2.16. The molecule has 20 heavy (non-hydrogen) atoms. The third kappa shape index (κ3) is 3.06. The van der Waals surface area contributed by atoms with Crippen LogP contribution in [-0.2, 0) is 11.2 Å². The lowest BCUT2D eigenvalue weighted by molar-refractivity contribution is -0.384. The Morgan fingerprint density at radius 1 is 1.55 bits per heavy atom. The van der Waals surface area contributed by atoms with Gasteiger partial charge in [0.1, 0.15) is 0 Å². The molecule has 7 nitrogen and oxygen atoms in total. The molecule has 0 radical (unpaired) electrons. The van der Waals surface area contributed by atoms with E-state index in [4.69, 9.17) is 5.73 Å². The fourth-order valence-electron chi connectivity index (χ4n) is 1.54. The van der Waals surface area contributed by atoms with Gasteiger partial charge >= 0.3 is 0 Å². The van der Waals surface area contributed by atoms with E-state index in [0.717, 1.165) is 12.1 Å². The van der Waals surface area contributed by atoms with Gasteiger partial charge in [-0.15, -0.1) is 11.3 Å². The SMILES string of the molecule is Nc1nc(CC(=O)Nc2c(F)cccc2[N+](=O)[O-])cs1. The lowest BCUT2D eigenvalue weighted by atomic mass is 10.2. The second-order valence-corrected chi connectivity index (χ2v) is 4.68. The number of nitrogen functional groups attached to an aromatic ring is 1. The summed E-state index contributed by atoms with van der Waals surface area (Å²) in [5.74, 6) is -1.48. The van der Waals surface area contributed by atoms with E-state index in [1.165, 1.54) is 17.4 Å². The van der Waals surface area contributed by atoms with E-state index < -0.39 is 28.0 Å². The van der Waals surface area contributed by atoms with Crippen molar-refractivity contribution in [1.82, 2.24) is 4.98 Å². The van der Waals surface area contributed by atoms with Crippen LogP contribution < -0.4 is 11.1 Å². The molecule has 104 valence electrons. The zero-order valence-corrected chi connectivity index (χ0v) is 10.8. The summed E-state index contributed by atoms with van der Waals surface area (Å²) in [5, 5.41) is 14.9. The van der Waals surface area contributed by atoms with Crippen LogP contribution in [0.1, 0.15) is 5.69 Å². The number of nitro groups is 1. The molecule has 2 aromatic rings. The third-order valence-corrected chi connectivity index (χ3v) is 3.09. The van der Waals surface area contributed by atoms with E-state index in [0.29, 0.717) is 10.8 Å². The summed E-state index contributed by atoms with van der Waals surface area (Å²) in [6.07, 6.45) is -0.140. The Labute approximate surface area is 116 Å². The minimum atomic E-state index is -0.870. The highest BCUT2D eigenvalue weighted by molar-refractivity contribution is 7.13. The number of halogens is 1. The quantitative estimate of drug-likeness (QED) is 0.661. The highest BCUT2D eigenvalue weighted by Gasteiger charge is 2.20. The molecule has 0 spiro atoms. The van der Waals surface area contributed by atoms with Gasteiger partial charge in [-0.25, -0.2) is 9.37 Å². The molecular formula is C11H9FN4O3S. The summed E-state index contributed by atoms with van der Waals surface area (Å²) in [5.41, 5.74) is 4.88. The molecule has 0 bridgehead atoms. The molecule has 0 aliphatic rings. The Kier molecular flexibility index (Phi) is 3.89. The smallest absolute Gasteiger partial charge is 0.295 e. The molecule has 1 aromatic heterocycles. The van der Waals surface area contributed by atoms with Crippen LogP contribution in [0.3, 0.4) is 0 Å². The average Bonchev–Trinajstić information content (AvgIpc) is 2.77. The number of nitrogens with two attached hydrogens (primary N) is 1. The number of para-hydroxylation sites is 1. The number of nitrogens with one attached hydrogen (secondary N) is 1. The second kappa shape index (κ2) is 5.61. The molecule has 0 aliphatic heterocycles. The Morgan fingerprint density at radius 2 is 2.30 bits per heavy atom. The minimum Gasteiger partial charge on any atom is -0.375 e. The van der Waals surface area contributed by atoms with Crippen molar-refractivity contribution in [3.8, 4) is 0 Å². The summed E-state index contributed by atoms with van der Waals surface area (Å²) >= 11 is 1.17. The van der Waals surface area contributed by atoms with Gasteiger partial charge in [0, 0.05) is 11.4 Å². The van der Waals surface area contributed by atoms with Crippen molar-refractivity contribution < 1.29 is 14.1 Å². The van der Waals surface area contributed by atoms with Gasteiger partial charge in [-0.3, -0.25) is 14.9 Å². The van der Waals surface area contributed by atoms with Crippen LogP contribution in [0.15, 0.2) is 23.6 Å². The summed E-state index contributed by atoms with van der Waals surface area (Å²) in [7, 11) is 0. The Balaban J connectivity index is 2.17. The van der Waals surface area contributed by atoms with E-state index in [1.807, 2.05) is 0 Å². The van der Waals surface area contributed by atoms with Crippen LogP contribution in [0.5, 0.6) is 0 Å².